The van der Waals surface area contributed by atoms with E-state index in [4.69, 9.17) is 9.47 Å². The topological polar surface area (TPSA) is 62.8 Å². The van der Waals surface area contributed by atoms with Crippen LogP contribution in [0.3, 0.4) is 0 Å². The maximum absolute atomic E-state index is 12.4. The second-order valence-electron chi connectivity index (χ2n) is 7.76. The van der Waals surface area contributed by atoms with Crippen LogP contribution in [-0.4, -0.2) is 37.2 Å². The molecule has 0 aliphatic carbocycles. The number of carbonyl (C=O) groups excluding carboxylic acids is 1. The van der Waals surface area contributed by atoms with Crippen LogP contribution in [0.25, 0.3) is 0 Å². The summed E-state index contributed by atoms with van der Waals surface area (Å²) in [7, 11) is 0. The molecule has 1 saturated heterocycles. The second kappa shape index (κ2) is 9.18. The highest BCUT2D eigenvalue weighted by Gasteiger charge is 2.16. The Labute approximate surface area is 172 Å². The summed E-state index contributed by atoms with van der Waals surface area (Å²) in [4.78, 5) is 14.8. The summed E-state index contributed by atoms with van der Waals surface area (Å²) in [6.07, 6.45) is 2.59. The van der Waals surface area contributed by atoms with E-state index in [0.717, 1.165) is 29.2 Å². The molecular formula is C23H29N3O3. The summed E-state index contributed by atoms with van der Waals surface area (Å²) in [5, 5.41) is 5.96. The summed E-state index contributed by atoms with van der Waals surface area (Å²) in [5.41, 5.74) is 3.40. The van der Waals surface area contributed by atoms with Gasteiger partial charge in [0.05, 0.1) is 6.04 Å². The Kier molecular flexibility index (Phi) is 6.20. The lowest BCUT2D eigenvalue weighted by molar-refractivity contribution is 0.171. The lowest BCUT2D eigenvalue weighted by Gasteiger charge is -2.21. The molecule has 0 spiro atoms. The zero-order chi connectivity index (χ0) is 20.1. The number of urea groups is 1. The third-order valence-corrected chi connectivity index (χ3v) is 5.46. The van der Waals surface area contributed by atoms with Gasteiger partial charge in [-0.15, -0.1) is 0 Å². The lowest BCUT2D eigenvalue weighted by Crippen LogP contribution is -2.36. The van der Waals surface area contributed by atoms with Crippen LogP contribution in [0.2, 0.25) is 0 Å². The number of carbonyl (C=O) groups is 1. The Morgan fingerprint density at radius 2 is 1.79 bits per heavy atom. The van der Waals surface area contributed by atoms with E-state index in [2.05, 4.69) is 39.8 Å². The van der Waals surface area contributed by atoms with Gasteiger partial charge in [-0.2, -0.15) is 0 Å². The van der Waals surface area contributed by atoms with E-state index < -0.39 is 0 Å². The first kappa shape index (κ1) is 19.6. The van der Waals surface area contributed by atoms with Crippen LogP contribution in [0.1, 0.15) is 42.5 Å². The molecule has 2 amide bonds. The second-order valence-corrected chi connectivity index (χ2v) is 7.76. The molecule has 0 aromatic heterocycles. The molecule has 29 heavy (non-hydrogen) atoms. The van der Waals surface area contributed by atoms with Crippen molar-refractivity contribution in [2.45, 2.75) is 38.9 Å². The van der Waals surface area contributed by atoms with Gasteiger partial charge >= 0.3 is 6.03 Å². The Hall–Kier alpha value is -2.73. The molecule has 0 unspecified atom stereocenters. The number of nitrogens with zero attached hydrogens (tertiary/aromatic N) is 1. The van der Waals surface area contributed by atoms with Gasteiger partial charge in [0.15, 0.2) is 11.5 Å². The van der Waals surface area contributed by atoms with Crippen molar-refractivity contribution in [2.24, 2.45) is 0 Å². The molecule has 2 aromatic rings. The molecule has 0 bridgehead atoms. The van der Waals surface area contributed by atoms with E-state index in [1.807, 2.05) is 25.1 Å². The summed E-state index contributed by atoms with van der Waals surface area (Å²) < 4.78 is 11.2. The first-order chi connectivity index (χ1) is 14.2. The van der Waals surface area contributed by atoms with Crippen molar-refractivity contribution in [1.82, 2.24) is 15.5 Å². The minimum absolute atomic E-state index is 0.132. The predicted molar refractivity (Wildman–Crippen MR) is 112 cm³/mol. The average Bonchev–Trinajstić information content (AvgIpc) is 3.25. The van der Waals surface area contributed by atoms with Crippen molar-refractivity contribution >= 4 is 6.03 Å². The molecule has 6 nitrogen and oxygen atoms in total. The molecule has 2 aliphatic heterocycles. The molecule has 0 radical (unpaired) electrons. The number of nitrogens with one attached hydrogen (secondary N) is 2. The minimum atomic E-state index is -0.183. The van der Waals surface area contributed by atoms with E-state index in [0.29, 0.717) is 19.8 Å². The van der Waals surface area contributed by atoms with E-state index in [1.165, 1.54) is 31.5 Å². The average molecular weight is 396 g/mol. The third-order valence-electron chi connectivity index (χ3n) is 5.46. The Bertz CT molecular complexity index is 849. The third kappa shape index (κ3) is 5.21. The maximum atomic E-state index is 12.4. The number of amides is 2. The van der Waals surface area contributed by atoms with Crippen molar-refractivity contribution in [3.63, 3.8) is 0 Å². The smallest absolute Gasteiger partial charge is 0.315 e. The fourth-order valence-electron chi connectivity index (χ4n) is 3.88. The van der Waals surface area contributed by atoms with Gasteiger partial charge in [0.25, 0.3) is 0 Å². The number of hydrogen-bond acceptors (Lipinski definition) is 4. The highest BCUT2D eigenvalue weighted by Crippen LogP contribution is 2.32. The van der Waals surface area contributed by atoms with Gasteiger partial charge in [-0.3, -0.25) is 4.90 Å². The largest absolute Gasteiger partial charge is 0.486 e. The standard InChI is InChI=1S/C23H29N3O3/c1-17(20-7-8-21-22(14-20)29-12-11-28-21)25-23(27)24-15-18-5-4-6-19(13-18)16-26-9-2-3-10-26/h4-8,13-14,17H,2-3,9-12,15-16H2,1H3,(H2,24,25,27)/t17-/m0/s1. The minimum Gasteiger partial charge on any atom is -0.486 e. The van der Waals surface area contributed by atoms with Crippen molar-refractivity contribution < 1.29 is 14.3 Å². The van der Waals surface area contributed by atoms with Crippen LogP contribution in [0, 0.1) is 0 Å². The molecule has 2 aromatic carbocycles. The van der Waals surface area contributed by atoms with Gasteiger partial charge in [0.1, 0.15) is 13.2 Å². The van der Waals surface area contributed by atoms with Crippen LogP contribution in [0.15, 0.2) is 42.5 Å². The normalized spacial score (nSPS) is 17.0. The van der Waals surface area contributed by atoms with Gasteiger partial charge in [-0.25, -0.2) is 4.79 Å². The summed E-state index contributed by atoms with van der Waals surface area (Å²) in [6.45, 7) is 6.94. The van der Waals surface area contributed by atoms with Crippen molar-refractivity contribution in [2.75, 3.05) is 26.3 Å². The molecule has 4 rings (SSSR count). The first-order valence-electron chi connectivity index (χ1n) is 10.4. The zero-order valence-electron chi connectivity index (χ0n) is 16.9. The van der Waals surface area contributed by atoms with Crippen LogP contribution in [0.5, 0.6) is 11.5 Å². The fourth-order valence-corrected chi connectivity index (χ4v) is 3.88. The fraction of sp³-hybridized carbons (Fsp3) is 0.435. The maximum Gasteiger partial charge on any atom is 0.315 e. The van der Waals surface area contributed by atoms with Gasteiger partial charge in [0, 0.05) is 13.1 Å². The van der Waals surface area contributed by atoms with Crippen LogP contribution in [-0.2, 0) is 13.1 Å². The Morgan fingerprint density at radius 3 is 2.62 bits per heavy atom. The highest BCUT2D eigenvalue weighted by atomic mass is 16.6. The number of hydrogen-bond donors (Lipinski definition) is 2. The van der Waals surface area contributed by atoms with Gasteiger partial charge in [-0.05, 0) is 61.7 Å². The van der Waals surface area contributed by atoms with Crippen molar-refractivity contribution in [3.8, 4) is 11.5 Å². The van der Waals surface area contributed by atoms with E-state index >= 15 is 0 Å². The lowest BCUT2D eigenvalue weighted by atomic mass is 10.1. The number of likely N-dealkylation sites (tertiary alicyclic amines) is 1. The monoisotopic (exact) mass is 395 g/mol. The van der Waals surface area contributed by atoms with Crippen LogP contribution < -0.4 is 20.1 Å². The first-order valence-corrected chi connectivity index (χ1v) is 10.4. The van der Waals surface area contributed by atoms with Crippen LogP contribution in [0.4, 0.5) is 4.79 Å². The predicted octanol–water partition coefficient (Wildman–Crippen LogP) is 3.61. The summed E-state index contributed by atoms with van der Waals surface area (Å²) in [6, 6.07) is 13.9. The quantitative estimate of drug-likeness (QED) is 0.784. The SMILES string of the molecule is C[C@H](NC(=O)NCc1cccc(CN2CCCC2)c1)c1ccc2c(c1)OCCO2. The summed E-state index contributed by atoms with van der Waals surface area (Å²) >= 11 is 0. The zero-order valence-corrected chi connectivity index (χ0v) is 16.9. The highest BCUT2D eigenvalue weighted by molar-refractivity contribution is 5.74. The van der Waals surface area contributed by atoms with Gasteiger partial charge in [0.2, 0.25) is 0 Å². The molecular weight excluding hydrogens is 366 g/mol. The molecule has 2 N–H and O–H groups in total. The van der Waals surface area contributed by atoms with Crippen LogP contribution >= 0.6 is 0 Å². The van der Waals surface area contributed by atoms with E-state index in [9.17, 15) is 4.79 Å². The van der Waals surface area contributed by atoms with E-state index in [1.54, 1.807) is 0 Å². The Morgan fingerprint density at radius 1 is 1.03 bits per heavy atom. The molecule has 0 saturated carbocycles. The molecule has 1 atom stereocenters. The van der Waals surface area contributed by atoms with E-state index in [-0.39, 0.29) is 12.1 Å². The summed E-state index contributed by atoms with van der Waals surface area (Å²) in [5.74, 6) is 1.49. The van der Waals surface area contributed by atoms with Crippen molar-refractivity contribution in [1.29, 1.82) is 0 Å². The number of benzene rings is 2. The van der Waals surface area contributed by atoms with Gasteiger partial charge < -0.3 is 20.1 Å². The molecule has 2 heterocycles. The van der Waals surface area contributed by atoms with Crippen molar-refractivity contribution in [3.05, 3.63) is 59.2 Å². The molecule has 154 valence electrons. The number of ether oxygens (including phenoxy) is 2. The molecule has 1 fully saturated rings. The molecule has 2 aliphatic rings. The number of fused-ring (bicyclic) bond motifs is 1. The van der Waals surface area contributed by atoms with Gasteiger partial charge in [-0.1, -0.05) is 30.3 Å². The molecule has 6 heteroatoms. The Balaban J connectivity index is 1.28. The number of rotatable bonds is 6.